The SMILES string of the molecule is C=CC(C=Cc1ccccc1)(c1ccccc1)P(=O)(O)O. The fourth-order valence-electron chi connectivity index (χ4n) is 2.16. The average molecular weight is 300 g/mol. The number of rotatable bonds is 5. The summed E-state index contributed by atoms with van der Waals surface area (Å²) >= 11 is 0. The van der Waals surface area contributed by atoms with Crippen molar-refractivity contribution in [3.63, 3.8) is 0 Å². The summed E-state index contributed by atoms with van der Waals surface area (Å²) in [5.74, 6) is 0. The van der Waals surface area contributed by atoms with E-state index in [0.29, 0.717) is 5.56 Å². The normalized spacial score (nSPS) is 14.8. The maximum atomic E-state index is 12.1. The van der Waals surface area contributed by atoms with Crippen LogP contribution in [0.4, 0.5) is 0 Å². The molecule has 0 aliphatic rings. The summed E-state index contributed by atoms with van der Waals surface area (Å²) in [4.78, 5) is 19.7. The van der Waals surface area contributed by atoms with Crippen molar-refractivity contribution in [2.45, 2.75) is 5.16 Å². The molecule has 4 heteroatoms. The first-order valence-electron chi connectivity index (χ1n) is 6.49. The first kappa shape index (κ1) is 15.5. The molecule has 0 aliphatic heterocycles. The quantitative estimate of drug-likeness (QED) is 0.649. The second kappa shape index (κ2) is 6.23. The van der Waals surface area contributed by atoms with Gasteiger partial charge in [0.15, 0.2) is 0 Å². The predicted octanol–water partition coefficient (Wildman–Crippen LogP) is 3.96. The second-order valence-corrected chi connectivity index (χ2v) is 6.51. The van der Waals surface area contributed by atoms with Crippen molar-refractivity contribution >= 4 is 13.7 Å². The lowest BCUT2D eigenvalue weighted by Crippen LogP contribution is -2.20. The molecule has 108 valence electrons. The van der Waals surface area contributed by atoms with Crippen molar-refractivity contribution < 1.29 is 14.4 Å². The molecule has 21 heavy (non-hydrogen) atoms. The molecule has 2 N–H and O–H groups in total. The van der Waals surface area contributed by atoms with Gasteiger partial charge in [-0.2, -0.15) is 0 Å². The van der Waals surface area contributed by atoms with Gasteiger partial charge in [0.25, 0.3) is 0 Å². The molecule has 2 aromatic carbocycles. The van der Waals surface area contributed by atoms with Crippen LogP contribution >= 0.6 is 7.60 Å². The fourth-order valence-corrected chi connectivity index (χ4v) is 3.15. The minimum absolute atomic E-state index is 0.514. The van der Waals surface area contributed by atoms with E-state index >= 15 is 0 Å². The van der Waals surface area contributed by atoms with Crippen molar-refractivity contribution in [3.05, 3.63) is 90.5 Å². The van der Waals surface area contributed by atoms with Crippen LogP contribution < -0.4 is 0 Å². The molecule has 3 nitrogen and oxygen atoms in total. The van der Waals surface area contributed by atoms with Crippen LogP contribution in [0.1, 0.15) is 11.1 Å². The molecule has 1 atom stereocenters. The molecular formula is C17H17O3P. The van der Waals surface area contributed by atoms with Gasteiger partial charge >= 0.3 is 7.60 Å². The summed E-state index contributed by atoms with van der Waals surface area (Å²) in [7, 11) is -4.47. The summed E-state index contributed by atoms with van der Waals surface area (Å²) in [5, 5.41) is -1.52. The molecule has 0 saturated heterocycles. The third-order valence-corrected chi connectivity index (χ3v) is 4.91. The van der Waals surface area contributed by atoms with Gasteiger partial charge in [-0.1, -0.05) is 78.9 Å². The highest BCUT2D eigenvalue weighted by Gasteiger charge is 2.43. The van der Waals surface area contributed by atoms with E-state index < -0.39 is 12.8 Å². The van der Waals surface area contributed by atoms with Gasteiger partial charge in [0.1, 0.15) is 5.16 Å². The zero-order valence-electron chi connectivity index (χ0n) is 11.5. The lowest BCUT2D eigenvalue weighted by molar-refractivity contribution is 0.353. The molecule has 0 spiro atoms. The van der Waals surface area contributed by atoms with Gasteiger partial charge in [-0.3, -0.25) is 4.57 Å². The van der Waals surface area contributed by atoms with E-state index in [1.54, 1.807) is 36.4 Å². The molecule has 1 unspecified atom stereocenters. The molecule has 0 fully saturated rings. The minimum atomic E-state index is -4.47. The van der Waals surface area contributed by atoms with Crippen molar-refractivity contribution in [1.82, 2.24) is 0 Å². The Morgan fingerprint density at radius 1 is 0.952 bits per heavy atom. The smallest absolute Gasteiger partial charge is 0.323 e. The Bertz CT molecular complexity index is 674. The van der Waals surface area contributed by atoms with Crippen molar-refractivity contribution in [2.75, 3.05) is 0 Å². The van der Waals surface area contributed by atoms with E-state index in [2.05, 4.69) is 6.58 Å². The van der Waals surface area contributed by atoms with E-state index in [0.717, 1.165) is 5.56 Å². The Balaban J connectivity index is 2.55. The summed E-state index contributed by atoms with van der Waals surface area (Å²) in [6, 6.07) is 18.1. The van der Waals surface area contributed by atoms with Crippen molar-refractivity contribution in [2.24, 2.45) is 0 Å². The van der Waals surface area contributed by atoms with Crippen LogP contribution in [0, 0.1) is 0 Å². The van der Waals surface area contributed by atoms with Gasteiger partial charge in [-0.05, 0) is 11.1 Å². The van der Waals surface area contributed by atoms with E-state index in [1.165, 1.54) is 12.2 Å². The molecule has 0 saturated carbocycles. The van der Waals surface area contributed by atoms with Crippen LogP contribution in [-0.4, -0.2) is 9.79 Å². The van der Waals surface area contributed by atoms with Gasteiger partial charge in [0.2, 0.25) is 0 Å². The molecular weight excluding hydrogens is 283 g/mol. The lowest BCUT2D eigenvalue weighted by atomic mass is 9.96. The van der Waals surface area contributed by atoms with E-state index in [1.807, 2.05) is 30.3 Å². The third-order valence-electron chi connectivity index (χ3n) is 3.36. The molecule has 2 rings (SSSR count). The van der Waals surface area contributed by atoms with Crippen molar-refractivity contribution in [1.29, 1.82) is 0 Å². The Hall–Kier alpha value is -1.93. The van der Waals surface area contributed by atoms with Gasteiger partial charge in [0.05, 0.1) is 0 Å². The predicted molar refractivity (Wildman–Crippen MR) is 85.8 cm³/mol. The minimum Gasteiger partial charge on any atom is -0.323 e. The topological polar surface area (TPSA) is 57.5 Å². The monoisotopic (exact) mass is 300 g/mol. The second-order valence-electron chi connectivity index (χ2n) is 4.68. The summed E-state index contributed by atoms with van der Waals surface area (Å²) < 4.78 is 12.1. The van der Waals surface area contributed by atoms with Gasteiger partial charge in [-0.15, -0.1) is 6.58 Å². The molecule has 0 amide bonds. The summed E-state index contributed by atoms with van der Waals surface area (Å²) in [6.07, 6.45) is 4.53. The van der Waals surface area contributed by atoms with Crippen LogP contribution in [0.15, 0.2) is 79.4 Å². The van der Waals surface area contributed by atoms with Crippen LogP contribution in [0.5, 0.6) is 0 Å². The van der Waals surface area contributed by atoms with Gasteiger partial charge < -0.3 is 9.79 Å². The molecule has 0 aliphatic carbocycles. The van der Waals surface area contributed by atoms with Gasteiger partial charge in [-0.25, -0.2) is 0 Å². The molecule has 0 aromatic heterocycles. The molecule has 0 radical (unpaired) electrons. The molecule has 0 bridgehead atoms. The standard InChI is InChI=1S/C17H17O3P/c1-2-17(21(18,19)20,16-11-7-4-8-12-16)14-13-15-9-5-3-6-10-15/h2-14H,1H2,(H2,18,19,20). The lowest BCUT2D eigenvalue weighted by Gasteiger charge is -2.28. The van der Waals surface area contributed by atoms with Crippen molar-refractivity contribution in [3.8, 4) is 0 Å². The average Bonchev–Trinajstić information content (AvgIpc) is 2.49. The van der Waals surface area contributed by atoms with Crippen LogP contribution in [0.2, 0.25) is 0 Å². The Labute approximate surface area is 124 Å². The maximum Gasteiger partial charge on any atom is 0.343 e. The highest BCUT2D eigenvalue weighted by atomic mass is 31.2. The fraction of sp³-hybridized carbons (Fsp3) is 0.0588. The Kier molecular flexibility index (Phi) is 4.59. The number of hydrogen-bond donors (Lipinski definition) is 2. The zero-order valence-corrected chi connectivity index (χ0v) is 12.4. The third kappa shape index (κ3) is 3.22. The molecule has 0 heterocycles. The number of allylic oxidation sites excluding steroid dienone is 2. The van der Waals surface area contributed by atoms with E-state index in [-0.39, 0.29) is 0 Å². The Morgan fingerprint density at radius 2 is 1.48 bits per heavy atom. The maximum absolute atomic E-state index is 12.1. The van der Waals surface area contributed by atoms with Crippen LogP contribution in [0.25, 0.3) is 6.08 Å². The van der Waals surface area contributed by atoms with Gasteiger partial charge in [0, 0.05) is 0 Å². The van der Waals surface area contributed by atoms with Crippen LogP contribution in [-0.2, 0) is 9.72 Å². The number of hydrogen-bond acceptors (Lipinski definition) is 1. The summed E-state index contributed by atoms with van der Waals surface area (Å²) in [6.45, 7) is 3.64. The Morgan fingerprint density at radius 3 is 1.95 bits per heavy atom. The van der Waals surface area contributed by atoms with E-state index in [9.17, 15) is 14.4 Å². The molecule has 2 aromatic rings. The number of benzene rings is 2. The first-order valence-corrected chi connectivity index (χ1v) is 8.10. The van der Waals surface area contributed by atoms with Crippen LogP contribution in [0.3, 0.4) is 0 Å². The highest BCUT2D eigenvalue weighted by molar-refractivity contribution is 7.53. The highest BCUT2D eigenvalue weighted by Crippen LogP contribution is 2.58. The zero-order chi connectivity index (χ0) is 15.3. The largest absolute Gasteiger partial charge is 0.343 e. The van der Waals surface area contributed by atoms with E-state index in [4.69, 9.17) is 0 Å². The summed E-state index contributed by atoms with van der Waals surface area (Å²) in [5.41, 5.74) is 1.38. The first-order chi connectivity index (χ1) is 9.99.